The first-order valence-electron chi connectivity index (χ1n) is 8.43. The first-order valence-corrected chi connectivity index (χ1v) is 8.43. The average Bonchev–Trinajstić information content (AvgIpc) is 2.52. The smallest absolute Gasteiger partial charge is 0.426 e. The van der Waals surface area contributed by atoms with E-state index in [0.29, 0.717) is 26.1 Å². The third kappa shape index (κ3) is 11.1. The summed E-state index contributed by atoms with van der Waals surface area (Å²) in [5.41, 5.74) is 2.92. The van der Waals surface area contributed by atoms with Gasteiger partial charge in [0.25, 0.3) is 0 Å². The molecule has 8 nitrogen and oxygen atoms in total. The van der Waals surface area contributed by atoms with Crippen molar-refractivity contribution in [3.8, 4) is 0 Å². The van der Waals surface area contributed by atoms with Crippen molar-refractivity contribution in [2.45, 2.75) is 78.1 Å². The van der Waals surface area contributed by atoms with E-state index >= 15 is 0 Å². The quantitative estimate of drug-likeness (QED) is 0.496. The lowest BCUT2D eigenvalue weighted by Crippen LogP contribution is -2.45. The van der Waals surface area contributed by atoms with Crippen molar-refractivity contribution in [2.24, 2.45) is 0 Å². The van der Waals surface area contributed by atoms with Crippen LogP contribution in [0.2, 0.25) is 0 Å². The third-order valence-corrected chi connectivity index (χ3v) is 3.83. The maximum absolute atomic E-state index is 11.7. The summed E-state index contributed by atoms with van der Waals surface area (Å²) in [6.07, 6.45) is 0.820. The second-order valence-electron chi connectivity index (χ2n) is 6.07. The summed E-state index contributed by atoms with van der Waals surface area (Å²) < 4.78 is 16.7. The van der Waals surface area contributed by atoms with E-state index < -0.39 is 17.8 Å². The molecule has 0 rings (SSSR count). The van der Waals surface area contributed by atoms with E-state index in [1.807, 2.05) is 33.1 Å². The molecule has 0 aromatic heterocycles. The van der Waals surface area contributed by atoms with Crippen molar-refractivity contribution in [3.05, 3.63) is 0 Å². The van der Waals surface area contributed by atoms with Crippen LogP contribution in [0.3, 0.4) is 0 Å². The molecule has 0 spiro atoms. The van der Waals surface area contributed by atoms with E-state index in [1.165, 1.54) is 0 Å². The predicted molar refractivity (Wildman–Crippen MR) is 89.8 cm³/mol. The second-order valence-corrected chi connectivity index (χ2v) is 6.07. The van der Waals surface area contributed by atoms with Crippen molar-refractivity contribution in [1.82, 2.24) is 10.9 Å². The lowest BCUT2D eigenvalue weighted by molar-refractivity contribution is -0.0453. The molecule has 24 heavy (non-hydrogen) atoms. The van der Waals surface area contributed by atoms with E-state index in [2.05, 4.69) is 0 Å². The largest absolute Gasteiger partial charge is 0.464 e. The number of hydrogen-bond donors (Lipinski definition) is 3. The number of carbonyl (C=O) groups is 2. The fraction of sp³-hybridized carbons (Fsp3) is 0.875. The van der Waals surface area contributed by atoms with Gasteiger partial charge < -0.3 is 19.3 Å². The van der Waals surface area contributed by atoms with Crippen molar-refractivity contribution in [3.63, 3.8) is 0 Å². The molecule has 0 aliphatic carbocycles. The van der Waals surface area contributed by atoms with Crippen LogP contribution in [0.15, 0.2) is 0 Å². The van der Waals surface area contributed by atoms with Crippen LogP contribution >= 0.6 is 0 Å². The maximum Gasteiger partial charge on any atom is 0.426 e. The zero-order valence-electron chi connectivity index (χ0n) is 15.4. The topological polar surface area (TPSA) is 106 Å². The van der Waals surface area contributed by atoms with Crippen LogP contribution in [0.4, 0.5) is 9.59 Å². The average molecular weight is 348 g/mol. The van der Waals surface area contributed by atoms with Gasteiger partial charge in [-0.1, -0.05) is 13.8 Å². The number of hydrogen-bond acceptors (Lipinski definition) is 5. The Balaban J connectivity index is 4.54. The summed E-state index contributed by atoms with van der Waals surface area (Å²) in [5, 5.41) is 8.50. The Morgan fingerprint density at radius 2 is 1.46 bits per heavy atom. The molecule has 2 atom stereocenters. The molecule has 0 fully saturated rings. The molecule has 0 aliphatic rings. The molecule has 142 valence electrons. The summed E-state index contributed by atoms with van der Waals surface area (Å²) in [5.74, 6) is 0. The minimum atomic E-state index is -1.37. The number of nitrogens with one attached hydrogen (secondary N) is 2. The van der Waals surface area contributed by atoms with Crippen LogP contribution in [0, 0.1) is 0 Å². The van der Waals surface area contributed by atoms with Gasteiger partial charge in [-0.05, 0) is 33.6 Å². The van der Waals surface area contributed by atoms with Crippen LogP contribution in [0.1, 0.15) is 60.3 Å². The molecule has 0 radical (unpaired) electrons. The molecule has 0 saturated heterocycles. The minimum absolute atomic E-state index is 0.133. The molecule has 2 amide bonds. The Bertz CT molecular complexity index is 362. The monoisotopic (exact) mass is 348 g/mol. The molecule has 2 unspecified atom stereocenters. The van der Waals surface area contributed by atoms with Gasteiger partial charge >= 0.3 is 12.2 Å². The molecule has 0 saturated carbocycles. The SMILES string of the molecule is CCC(C)OCCC(C)(CCOC(C)CC)OC(=O)NNC(=O)O. The number of rotatable bonds is 11. The molecule has 0 aromatic rings. The highest BCUT2D eigenvalue weighted by Gasteiger charge is 2.29. The zero-order valence-corrected chi connectivity index (χ0v) is 15.4. The molecule has 3 N–H and O–H groups in total. The van der Waals surface area contributed by atoms with Crippen LogP contribution in [-0.2, 0) is 14.2 Å². The Kier molecular flexibility index (Phi) is 11.1. The van der Waals surface area contributed by atoms with Crippen molar-refractivity contribution in [1.29, 1.82) is 0 Å². The highest BCUT2D eigenvalue weighted by atomic mass is 16.6. The fourth-order valence-electron chi connectivity index (χ4n) is 1.77. The predicted octanol–water partition coefficient (Wildman–Crippen LogP) is 3.06. The Morgan fingerprint density at radius 3 is 1.83 bits per heavy atom. The van der Waals surface area contributed by atoms with E-state index in [-0.39, 0.29) is 12.2 Å². The molecule has 0 aromatic carbocycles. The number of carboxylic acid groups (broad SMARTS) is 1. The lowest BCUT2D eigenvalue weighted by Gasteiger charge is -2.30. The maximum atomic E-state index is 11.7. The van der Waals surface area contributed by atoms with Gasteiger partial charge in [0.2, 0.25) is 0 Å². The first-order chi connectivity index (χ1) is 11.2. The van der Waals surface area contributed by atoms with Gasteiger partial charge in [0.05, 0.1) is 25.4 Å². The van der Waals surface area contributed by atoms with Gasteiger partial charge in [0.1, 0.15) is 5.60 Å². The summed E-state index contributed by atoms with van der Waals surface area (Å²) >= 11 is 0. The van der Waals surface area contributed by atoms with Crippen molar-refractivity contribution in [2.75, 3.05) is 13.2 Å². The molecule has 8 heteroatoms. The summed E-state index contributed by atoms with van der Waals surface area (Å²) in [4.78, 5) is 22.1. The van der Waals surface area contributed by atoms with Crippen molar-refractivity contribution >= 4 is 12.2 Å². The Hall–Kier alpha value is -1.54. The molecule has 0 heterocycles. The zero-order chi connectivity index (χ0) is 18.6. The molecule has 0 aliphatic heterocycles. The third-order valence-electron chi connectivity index (χ3n) is 3.83. The lowest BCUT2D eigenvalue weighted by atomic mass is 9.98. The number of carbonyl (C=O) groups excluding carboxylic acids is 1. The molecular weight excluding hydrogens is 316 g/mol. The highest BCUT2D eigenvalue weighted by molar-refractivity contribution is 5.72. The van der Waals surface area contributed by atoms with E-state index in [0.717, 1.165) is 12.8 Å². The first kappa shape index (κ1) is 22.5. The summed E-state index contributed by atoms with van der Waals surface area (Å²) in [6, 6.07) is 0. The van der Waals surface area contributed by atoms with Crippen LogP contribution in [0.25, 0.3) is 0 Å². The minimum Gasteiger partial charge on any atom is -0.464 e. The normalized spacial score (nSPS) is 15.9. The Labute approximate surface area is 144 Å². The summed E-state index contributed by atoms with van der Waals surface area (Å²) in [6.45, 7) is 10.7. The number of amides is 2. The van der Waals surface area contributed by atoms with E-state index in [9.17, 15) is 9.59 Å². The fourth-order valence-corrected chi connectivity index (χ4v) is 1.77. The highest BCUT2D eigenvalue weighted by Crippen LogP contribution is 2.22. The second kappa shape index (κ2) is 11.9. The van der Waals surface area contributed by atoms with E-state index in [4.69, 9.17) is 19.3 Å². The van der Waals surface area contributed by atoms with Gasteiger partial charge in [-0.15, -0.1) is 0 Å². The van der Waals surface area contributed by atoms with Crippen molar-refractivity contribution < 1.29 is 28.9 Å². The number of hydrazine groups is 1. The summed E-state index contributed by atoms with van der Waals surface area (Å²) in [7, 11) is 0. The van der Waals surface area contributed by atoms with Gasteiger partial charge in [-0.2, -0.15) is 0 Å². The molecule has 0 bridgehead atoms. The Morgan fingerprint density at radius 1 is 1.00 bits per heavy atom. The van der Waals surface area contributed by atoms with Crippen LogP contribution < -0.4 is 10.9 Å². The van der Waals surface area contributed by atoms with Crippen LogP contribution in [-0.4, -0.2) is 48.3 Å². The number of ether oxygens (including phenoxy) is 3. The van der Waals surface area contributed by atoms with E-state index in [1.54, 1.807) is 12.3 Å². The van der Waals surface area contributed by atoms with Gasteiger partial charge in [-0.3, -0.25) is 0 Å². The molecular formula is C16H32N2O6. The van der Waals surface area contributed by atoms with Crippen LogP contribution in [0.5, 0.6) is 0 Å². The standard InChI is InChI=1S/C16H32N2O6/c1-6-12(3)22-10-8-16(5,9-11-23-13(4)7-2)24-15(21)18-17-14(19)20/h12-13,17H,6-11H2,1-5H3,(H,18,21)(H,19,20). The van der Waals surface area contributed by atoms with Gasteiger partial charge in [0, 0.05) is 12.8 Å². The van der Waals surface area contributed by atoms with Gasteiger partial charge in [0.15, 0.2) is 0 Å². The van der Waals surface area contributed by atoms with Gasteiger partial charge in [-0.25, -0.2) is 20.4 Å².